The predicted molar refractivity (Wildman–Crippen MR) is 90.6 cm³/mol. The maximum atomic E-state index is 10.9. The molecule has 0 aliphatic carbocycles. The minimum Gasteiger partial charge on any atom is -0.760 e. The fourth-order valence-electron chi connectivity index (χ4n) is 2.86. The average Bonchev–Trinajstić information content (AvgIpc) is 2.52. The highest BCUT2D eigenvalue weighted by Gasteiger charge is 2.30. The van der Waals surface area contributed by atoms with Crippen molar-refractivity contribution in [2.75, 3.05) is 32.9 Å². The smallest absolute Gasteiger partial charge is 0.310 e. The average molecular weight is 372 g/mol. The normalized spacial score (nSPS) is 20.1. The molecule has 1 unspecified atom stereocenters. The lowest BCUT2D eigenvalue weighted by molar-refractivity contribution is -0.385. The molecule has 140 valence electrons. The van der Waals surface area contributed by atoms with Crippen LogP contribution in [0, 0.1) is 16.0 Å². The predicted octanol–water partition coefficient (Wildman–Crippen LogP) is 0.824. The molecule has 0 spiro atoms. The summed E-state index contributed by atoms with van der Waals surface area (Å²) in [5.74, 6) is 0.847. The molecule has 2 fully saturated rings. The summed E-state index contributed by atoms with van der Waals surface area (Å²) in [7, 11) is 0. The van der Waals surface area contributed by atoms with E-state index in [1.165, 1.54) is 6.07 Å². The Bertz CT molecular complexity index is 586. The summed E-state index contributed by atoms with van der Waals surface area (Å²) in [5.41, 5.74) is 0.0431. The SMILES string of the molecule is NS(=O)[O-].O=[N+]([O-])c1ccccc1OCC1CCN(C2COC2)CC1. The molecule has 2 heterocycles. The van der Waals surface area contributed by atoms with Crippen LogP contribution in [-0.4, -0.2) is 57.5 Å². The Morgan fingerprint density at radius 1 is 1.32 bits per heavy atom. The molecule has 2 aliphatic heterocycles. The van der Waals surface area contributed by atoms with E-state index < -0.39 is 16.2 Å². The minimum absolute atomic E-state index is 0.0431. The molecule has 2 saturated heterocycles. The Balaban J connectivity index is 0.000000511. The van der Waals surface area contributed by atoms with Crippen molar-refractivity contribution in [1.82, 2.24) is 4.90 Å². The third kappa shape index (κ3) is 6.33. The van der Waals surface area contributed by atoms with Crippen LogP contribution >= 0.6 is 0 Å². The fourth-order valence-corrected chi connectivity index (χ4v) is 2.86. The Kier molecular flexibility index (Phi) is 7.72. The topological polar surface area (TPSA) is 131 Å². The summed E-state index contributed by atoms with van der Waals surface area (Å²) in [6.45, 7) is 4.41. The summed E-state index contributed by atoms with van der Waals surface area (Å²) >= 11 is -2.36. The van der Waals surface area contributed by atoms with E-state index in [1.807, 2.05) is 0 Å². The van der Waals surface area contributed by atoms with Crippen molar-refractivity contribution in [3.8, 4) is 5.75 Å². The zero-order valence-corrected chi connectivity index (χ0v) is 14.6. The van der Waals surface area contributed by atoms with Gasteiger partial charge in [-0.25, -0.2) is 0 Å². The lowest BCUT2D eigenvalue weighted by atomic mass is 9.96. The molecule has 3 rings (SSSR count). The summed E-state index contributed by atoms with van der Waals surface area (Å²) in [5, 5.41) is 15.0. The van der Waals surface area contributed by atoms with E-state index >= 15 is 0 Å². The summed E-state index contributed by atoms with van der Waals surface area (Å²) in [6.07, 6.45) is 2.16. The quantitative estimate of drug-likeness (QED) is 0.460. The van der Waals surface area contributed by atoms with Crippen LogP contribution in [0.25, 0.3) is 0 Å². The summed E-state index contributed by atoms with van der Waals surface area (Å²) in [4.78, 5) is 13.0. The zero-order chi connectivity index (χ0) is 18.2. The van der Waals surface area contributed by atoms with Crippen molar-refractivity contribution < 1.29 is 23.2 Å². The van der Waals surface area contributed by atoms with E-state index in [0.717, 1.165) is 39.1 Å². The van der Waals surface area contributed by atoms with Gasteiger partial charge in [0, 0.05) is 17.3 Å². The monoisotopic (exact) mass is 372 g/mol. The first-order valence-electron chi connectivity index (χ1n) is 7.99. The second-order valence-corrected chi connectivity index (χ2v) is 6.49. The molecule has 10 heteroatoms. The number of para-hydroxylation sites is 2. The van der Waals surface area contributed by atoms with Crippen LogP contribution in [0.5, 0.6) is 5.75 Å². The van der Waals surface area contributed by atoms with Gasteiger partial charge in [-0.05, 0) is 37.9 Å². The van der Waals surface area contributed by atoms with Crippen molar-refractivity contribution in [1.29, 1.82) is 0 Å². The van der Waals surface area contributed by atoms with E-state index in [2.05, 4.69) is 10.0 Å². The molecule has 1 aromatic carbocycles. The van der Waals surface area contributed by atoms with Gasteiger partial charge in [-0.1, -0.05) is 12.1 Å². The molecular weight excluding hydrogens is 350 g/mol. The second-order valence-electron chi connectivity index (χ2n) is 5.97. The lowest BCUT2D eigenvalue weighted by Gasteiger charge is -2.41. The fraction of sp³-hybridized carbons (Fsp3) is 0.600. The molecule has 2 N–H and O–H groups in total. The molecule has 0 radical (unpaired) electrons. The van der Waals surface area contributed by atoms with Gasteiger partial charge in [-0.3, -0.25) is 24.4 Å². The van der Waals surface area contributed by atoms with Gasteiger partial charge in [0.15, 0.2) is 5.75 Å². The number of hydrogen-bond donors (Lipinski definition) is 1. The zero-order valence-electron chi connectivity index (χ0n) is 13.7. The lowest BCUT2D eigenvalue weighted by Crippen LogP contribution is -2.52. The standard InChI is InChI=1S/C15H20N2O4.H3NO2S/c18-17(19)14-3-1-2-4-15(14)21-9-12-5-7-16(8-6-12)13-10-20-11-13;1-4(2)3/h1-4,12-13H,5-11H2;1H2,(H,2,3)/p-1. The third-order valence-corrected chi connectivity index (χ3v) is 4.32. The number of piperidine rings is 1. The van der Waals surface area contributed by atoms with E-state index in [4.69, 9.17) is 18.2 Å². The molecule has 9 nitrogen and oxygen atoms in total. The Hall–Kier alpha value is -1.59. The van der Waals surface area contributed by atoms with Gasteiger partial charge in [-0.15, -0.1) is 0 Å². The number of rotatable bonds is 5. The highest BCUT2D eigenvalue weighted by atomic mass is 32.2. The highest BCUT2D eigenvalue weighted by Crippen LogP contribution is 2.28. The van der Waals surface area contributed by atoms with Crippen molar-refractivity contribution >= 4 is 17.0 Å². The largest absolute Gasteiger partial charge is 0.760 e. The summed E-state index contributed by atoms with van der Waals surface area (Å²) < 4.78 is 28.5. The molecule has 2 aliphatic rings. The van der Waals surface area contributed by atoms with Gasteiger partial charge in [0.1, 0.15) is 0 Å². The van der Waals surface area contributed by atoms with Crippen LogP contribution < -0.4 is 9.88 Å². The van der Waals surface area contributed by atoms with E-state index in [1.54, 1.807) is 18.2 Å². The molecule has 1 atom stereocenters. The van der Waals surface area contributed by atoms with Crippen LogP contribution in [0.1, 0.15) is 12.8 Å². The van der Waals surface area contributed by atoms with Gasteiger partial charge < -0.3 is 14.0 Å². The molecule has 25 heavy (non-hydrogen) atoms. The number of nitro benzene ring substituents is 1. The number of hydrogen-bond acceptors (Lipinski definition) is 7. The molecular formula is C15H22N3O6S-. The van der Waals surface area contributed by atoms with Crippen LogP contribution in [0.4, 0.5) is 5.69 Å². The van der Waals surface area contributed by atoms with Crippen molar-refractivity contribution in [2.24, 2.45) is 11.1 Å². The maximum absolute atomic E-state index is 10.9. The Morgan fingerprint density at radius 3 is 2.44 bits per heavy atom. The van der Waals surface area contributed by atoms with Gasteiger partial charge >= 0.3 is 5.69 Å². The number of ether oxygens (including phenoxy) is 2. The number of nitrogens with zero attached hydrogens (tertiary/aromatic N) is 2. The Morgan fingerprint density at radius 2 is 1.92 bits per heavy atom. The van der Waals surface area contributed by atoms with Crippen LogP contribution in [0.2, 0.25) is 0 Å². The van der Waals surface area contributed by atoms with Crippen molar-refractivity contribution in [3.63, 3.8) is 0 Å². The van der Waals surface area contributed by atoms with E-state index in [9.17, 15) is 10.1 Å². The number of likely N-dealkylation sites (tertiary alicyclic amines) is 1. The maximum Gasteiger partial charge on any atom is 0.310 e. The highest BCUT2D eigenvalue weighted by molar-refractivity contribution is 7.76. The first-order valence-corrected chi connectivity index (χ1v) is 9.13. The molecule has 0 aromatic heterocycles. The summed E-state index contributed by atoms with van der Waals surface area (Å²) in [6, 6.07) is 7.17. The molecule has 1 aromatic rings. The van der Waals surface area contributed by atoms with Gasteiger partial charge in [-0.2, -0.15) is 0 Å². The molecule has 0 saturated carbocycles. The first-order chi connectivity index (χ1) is 12.0. The number of nitro groups is 1. The van der Waals surface area contributed by atoms with Crippen LogP contribution in [-0.2, 0) is 16.0 Å². The van der Waals surface area contributed by atoms with Gasteiger partial charge in [0.05, 0.1) is 30.8 Å². The van der Waals surface area contributed by atoms with Crippen LogP contribution in [0.3, 0.4) is 0 Å². The van der Waals surface area contributed by atoms with Crippen molar-refractivity contribution in [2.45, 2.75) is 18.9 Å². The minimum atomic E-state index is -2.36. The molecule has 0 bridgehead atoms. The van der Waals surface area contributed by atoms with Gasteiger partial charge in [0.2, 0.25) is 0 Å². The number of benzene rings is 1. The third-order valence-electron chi connectivity index (χ3n) is 4.32. The van der Waals surface area contributed by atoms with E-state index in [0.29, 0.717) is 24.3 Å². The number of nitrogens with two attached hydrogens (primary N) is 1. The second kappa shape index (κ2) is 9.78. The van der Waals surface area contributed by atoms with Gasteiger partial charge in [0.25, 0.3) is 0 Å². The Labute approximate surface area is 148 Å². The van der Waals surface area contributed by atoms with E-state index in [-0.39, 0.29) is 5.69 Å². The first kappa shape index (κ1) is 19.7. The van der Waals surface area contributed by atoms with Crippen molar-refractivity contribution in [3.05, 3.63) is 34.4 Å². The molecule has 0 amide bonds. The van der Waals surface area contributed by atoms with Crippen LogP contribution in [0.15, 0.2) is 24.3 Å².